The minimum atomic E-state index is -0.504. The summed E-state index contributed by atoms with van der Waals surface area (Å²) in [6.45, 7) is 0.368. The quantitative estimate of drug-likeness (QED) is 0.739. The fraction of sp³-hybridized carbons (Fsp3) is 0.188. The van der Waals surface area contributed by atoms with Crippen LogP contribution in [-0.2, 0) is 17.8 Å². The number of nitrogens with one attached hydrogen (secondary N) is 1. The standard InChI is InChI=1S/C16H16N6O/c23-16(18-11-14-8-4-5-9-17-14)15(22-12-19-20-21-22)10-13-6-2-1-3-7-13/h1-9,12,15H,10-11H2,(H,18,23)/t15-/m1/s1. The molecule has 2 aromatic heterocycles. The van der Waals surface area contributed by atoms with Gasteiger partial charge in [-0.05, 0) is 28.1 Å². The van der Waals surface area contributed by atoms with Gasteiger partial charge in [-0.25, -0.2) is 4.68 Å². The number of amides is 1. The predicted octanol–water partition coefficient (Wildman–Crippen LogP) is 1.17. The van der Waals surface area contributed by atoms with E-state index in [-0.39, 0.29) is 5.91 Å². The Morgan fingerprint density at radius 2 is 1.96 bits per heavy atom. The highest BCUT2D eigenvalue weighted by Crippen LogP contribution is 2.13. The fourth-order valence-electron chi connectivity index (χ4n) is 2.25. The number of carbonyl (C=O) groups excluding carboxylic acids is 1. The zero-order chi connectivity index (χ0) is 15.9. The number of aromatic nitrogens is 5. The normalized spacial score (nSPS) is 11.8. The molecule has 0 unspecified atom stereocenters. The van der Waals surface area contributed by atoms with E-state index >= 15 is 0 Å². The Bertz CT molecular complexity index is 730. The van der Waals surface area contributed by atoms with E-state index in [4.69, 9.17) is 0 Å². The summed E-state index contributed by atoms with van der Waals surface area (Å²) < 4.78 is 1.47. The van der Waals surface area contributed by atoms with Gasteiger partial charge in [-0.3, -0.25) is 9.78 Å². The molecule has 1 aromatic carbocycles. The van der Waals surface area contributed by atoms with E-state index < -0.39 is 6.04 Å². The van der Waals surface area contributed by atoms with Gasteiger partial charge in [0.1, 0.15) is 12.4 Å². The van der Waals surface area contributed by atoms with Crippen molar-refractivity contribution in [1.82, 2.24) is 30.5 Å². The molecule has 7 nitrogen and oxygen atoms in total. The van der Waals surface area contributed by atoms with Gasteiger partial charge in [-0.1, -0.05) is 36.4 Å². The lowest BCUT2D eigenvalue weighted by atomic mass is 10.1. The van der Waals surface area contributed by atoms with Crippen molar-refractivity contribution >= 4 is 5.91 Å². The number of hydrogen-bond donors (Lipinski definition) is 1. The van der Waals surface area contributed by atoms with Crippen LogP contribution in [0.5, 0.6) is 0 Å². The molecule has 0 saturated heterocycles. The Morgan fingerprint density at radius 3 is 2.65 bits per heavy atom. The first-order chi connectivity index (χ1) is 11.3. The molecule has 0 aliphatic heterocycles. The van der Waals surface area contributed by atoms with Crippen molar-refractivity contribution < 1.29 is 4.79 Å². The van der Waals surface area contributed by atoms with Crippen molar-refractivity contribution in [2.24, 2.45) is 0 Å². The van der Waals surface area contributed by atoms with E-state index in [9.17, 15) is 4.79 Å². The lowest BCUT2D eigenvalue weighted by molar-refractivity contribution is -0.124. The van der Waals surface area contributed by atoms with Crippen molar-refractivity contribution in [3.8, 4) is 0 Å². The molecular weight excluding hydrogens is 292 g/mol. The summed E-state index contributed by atoms with van der Waals surface area (Å²) in [6.07, 6.45) is 3.66. The molecule has 1 amide bonds. The van der Waals surface area contributed by atoms with Crippen LogP contribution in [0, 0.1) is 0 Å². The zero-order valence-electron chi connectivity index (χ0n) is 12.4. The van der Waals surface area contributed by atoms with Gasteiger partial charge < -0.3 is 5.32 Å². The van der Waals surface area contributed by atoms with E-state index in [0.717, 1.165) is 11.3 Å². The van der Waals surface area contributed by atoms with Crippen molar-refractivity contribution in [1.29, 1.82) is 0 Å². The first kappa shape index (κ1) is 14.8. The molecule has 116 valence electrons. The minimum Gasteiger partial charge on any atom is -0.349 e. The number of nitrogens with zero attached hydrogens (tertiary/aromatic N) is 5. The van der Waals surface area contributed by atoms with E-state index in [1.165, 1.54) is 11.0 Å². The minimum absolute atomic E-state index is 0.146. The van der Waals surface area contributed by atoms with Crippen LogP contribution in [-0.4, -0.2) is 31.1 Å². The first-order valence-electron chi connectivity index (χ1n) is 7.27. The monoisotopic (exact) mass is 308 g/mol. The van der Waals surface area contributed by atoms with Crippen molar-refractivity contribution in [2.45, 2.75) is 19.0 Å². The molecular formula is C16H16N6O. The molecule has 0 spiro atoms. The fourth-order valence-corrected chi connectivity index (χ4v) is 2.25. The first-order valence-corrected chi connectivity index (χ1v) is 7.27. The maximum absolute atomic E-state index is 12.6. The summed E-state index contributed by atoms with van der Waals surface area (Å²) in [7, 11) is 0. The van der Waals surface area contributed by atoms with E-state index in [2.05, 4.69) is 25.8 Å². The largest absolute Gasteiger partial charge is 0.349 e. The summed E-state index contributed by atoms with van der Waals surface area (Å²) >= 11 is 0. The van der Waals surface area contributed by atoms with Crippen molar-refractivity contribution in [2.75, 3.05) is 0 Å². The van der Waals surface area contributed by atoms with Gasteiger partial charge in [0, 0.05) is 12.6 Å². The van der Waals surface area contributed by atoms with Gasteiger partial charge in [0.25, 0.3) is 0 Å². The maximum Gasteiger partial charge on any atom is 0.245 e. The number of pyridine rings is 1. The third-order valence-corrected chi connectivity index (χ3v) is 3.43. The van der Waals surface area contributed by atoms with Crippen LogP contribution in [0.25, 0.3) is 0 Å². The van der Waals surface area contributed by atoms with Gasteiger partial charge in [-0.15, -0.1) is 5.10 Å². The Balaban J connectivity index is 1.71. The molecule has 0 bridgehead atoms. The number of rotatable bonds is 6. The van der Waals surface area contributed by atoms with E-state index in [1.807, 2.05) is 48.5 Å². The van der Waals surface area contributed by atoms with Gasteiger partial charge in [-0.2, -0.15) is 0 Å². The Morgan fingerprint density at radius 1 is 1.13 bits per heavy atom. The van der Waals surface area contributed by atoms with Crippen LogP contribution in [0.2, 0.25) is 0 Å². The lowest BCUT2D eigenvalue weighted by Gasteiger charge is -2.16. The van der Waals surface area contributed by atoms with Crippen LogP contribution in [0.4, 0.5) is 0 Å². The average Bonchev–Trinajstić information content (AvgIpc) is 3.14. The number of tetrazole rings is 1. The van der Waals surface area contributed by atoms with Crippen LogP contribution in [0.1, 0.15) is 17.3 Å². The second-order valence-electron chi connectivity index (χ2n) is 5.03. The van der Waals surface area contributed by atoms with Gasteiger partial charge in [0.15, 0.2) is 0 Å². The van der Waals surface area contributed by atoms with E-state index in [1.54, 1.807) is 6.20 Å². The molecule has 23 heavy (non-hydrogen) atoms. The Kier molecular flexibility index (Phi) is 4.68. The molecule has 3 rings (SSSR count). The van der Waals surface area contributed by atoms with Gasteiger partial charge in [0.2, 0.25) is 5.91 Å². The van der Waals surface area contributed by atoms with Crippen LogP contribution in [0.15, 0.2) is 61.1 Å². The second kappa shape index (κ2) is 7.26. The second-order valence-corrected chi connectivity index (χ2v) is 5.03. The van der Waals surface area contributed by atoms with Crippen molar-refractivity contribution in [3.05, 3.63) is 72.3 Å². The summed E-state index contributed by atoms with van der Waals surface area (Å²) in [6, 6.07) is 14.9. The smallest absolute Gasteiger partial charge is 0.245 e. The highest BCUT2D eigenvalue weighted by Gasteiger charge is 2.22. The molecule has 0 aliphatic rings. The van der Waals surface area contributed by atoms with Crippen LogP contribution in [0.3, 0.4) is 0 Å². The third kappa shape index (κ3) is 3.97. The third-order valence-electron chi connectivity index (χ3n) is 3.43. The number of benzene rings is 1. The van der Waals surface area contributed by atoms with Crippen LogP contribution >= 0.6 is 0 Å². The molecule has 2 heterocycles. The number of hydrogen-bond acceptors (Lipinski definition) is 5. The highest BCUT2D eigenvalue weighted by atomic mass is 16.2. The van der Waals surface area contributed by atoms with E-state index in [0.29, 0.717) is 13.0 Å². The molecule has 3 aromatic rings. The summed E-state index contributed by atoms with van der Waals surface area (Å²) in [4.78, 5) is 16.8. The molecule has 0 radical (unpaired) electrons. The Labute approximate surface area is 133 Å². The molecule has 1 atom stereocenters. The molecule has 1 N–H and O–H groups in total. The lowest BCUT2D eigenvalue weighted by Crippen LogP contribution is -2.34. The maximum atomic E-state index is 12.6. The zero-order valence-corrected chi connectivity index (χ0v) is 12.4. The molecule has 7 heteroatoms. The predicted molar refractivity (Wildman–Crippen MR) is 83.1 cm³/mol. The molecule has 0 saturated carbocycles. The molecule has 0 aliphatic carbocycles. The average molecular weight is 308 g/mol. The highest BCUT2D eigenvalue weighted by molar-refractivity contribution is 5.80. The molecule has 0 fully saturated rings. The van der Waals surface area contributed by atoms with Crippen LogP contribution < -0.4 is 5.32 Å². The summed E-state index contributed by atoms with van der Waals surface area (Å²) in [5.74, 6) is -0.146. The van der Waals surface area contributed by atoms with Crippen molar-refractivity contribution in [3.63, 3.8) is 0 Å². The summed E-state index contributed by atoms with van der Waals surface area (Å²) in [5, 5.41) is 14.0. The van der Waals surface area contributed by atoms with Gasteiger partial charge >= 0.3 is 0 Å². The van der Waals surface area contributed by atoms with Gasteiger partial charge in [0.05, 0.1) is 12.2 Å². The number of carbonyl (C=O) groups is 1. The topological polar surface area (TPSA) is 85.6 Å². The summed E-state index contributed by atoms with van der Waals surface area (Å²) in [5.41, 5.74) is 1.84. The SMILES string of the molecule is O=C(NCc1ccccn1)[C@@H](Cc1ccccc1)n1cnnn1. The Hall–Kier alpha value is -3.09.